The summed E-state index contributed by atoms with van der Waals surface area (Å²) < 4.78 is 16.3. The molecule has 2 aliphatic rings. The Morgan fingerprint density at radius 3 is 2.71 bits per heavy atom. The largest absolute Gasteiger partial charge is 0.486 e. The number of amides is 1. The van der Waals surface area contributed by atoms with Gasteiger partial charge in [-0.2, -0.15) is 0 Å². The van der Waals surface area contributed by atoms with Crippen LogP contribution >= 0.6 is 0 Å². The van der Waals surface area contributed by atoms with Crippen LogP contribution in [-0.2, 0) is 20.7 Å². The molecule has 2 atom stereocenters. The molecule has 0 saturated carbocycles. The Hall–Kier alpha value is -2.28. The minimum absolute atomic E-state index is 0.0913. The van der Waals surface area contributed by atoms with Crippen LogP contribution in [0.5, 0.6) is 11.5 Å². The Balaban J connectivity index is 1.62. The maximum atomic E-state index is 12.3. The van der Waals surface area contributed by atoms with Gasteiger partial charge >= 0.3 is 5.97 Å². The fourth-order valence-corrected chi connectivity index (χ4v) is 3.02. The van der Waals surface area contributed by atoms with Crippen molar-refractivity contribution in [1.29, 1.82) is 0 Å². The first-order valence-corrected chi connectivity index (χ1v) is 8.12. The molecule has 3 rings (SSSR count). The molecule has 24 heavy (non-hydrogen) atoms. The third-order valence-electron chi connectivity index (χ3n) is 4.22. The fraction of sp³-hybridized carbons (Fsp3) is 0.529. The molecule has 0 aromatic heterocycles. The quantitative estimate of drug-likeness (QED) is 0.834. The Morgan fingerprint density at radius 2 is 2.00 bits per heavy atom. The topological polar surface area (TPSA) is 94.1 Å². The molecule has 0 spiro atoms. The lowest BCUT2D eigenvalue weighted by molar-refractivity contribution is -0.145. The summed E-state index contributed by atoms with van der Waals surface area (Å²) in [5.41, 5.74) is 0.751. The highest BCUT2D eigenvalue weighted by Crippen LogP contribution is 2.30. The van der Waals surface area contributed by atoms with Gasteiger partial charge in [0.15, 0.2) is 11.5 Å². The Bertz CT molecular complexity index is 611. The highest BCUT2D eigenvalue weighted by Gasteiger charge is 2.31. The van der Waals surface area contributed by atoms with Gasteiger partial charge in [-0.3, -0.25) is 4.79 Å². The van der Waals surface area contributed by atoms with Crippen LogP contribution in [0.25, 0.3) is 0 Å². The highest BCUT2D eigenvalue weighted by molar-refractivity contribution is 5.85. The molecule has 1 aromatic carbocycles. The number of carbonyl (C=O) groups is 2. The monoisotopic (exact) mass is 335 g/mol. The number of hydrogen-bond acceptors (Lipinski definition) is 5. The zero-order valence-corrected chi connectivity index (χ0v) is 13.3. The molecular formula is C17H21NO6. The van der Waals surface area contributed by atoms with Crippen molar-refractivity contribution >= 4 is 11.9 Å². The molecule has 2 aliphatic heterocycles. The first-order valence-electron chi connectivity index (χ1n) is 8.12. The van der Waals surface area contributed by atoms with Crippen LogP contribution in [0.2, 0.25) is 0 Å². The Morgan fingerprint density at radius 1 is 1.21 bits per heavy atom. The van der Waals surface area contributed by atoms with Crippen molar-refractivity contribution in [3.63, 3.8) is 0 Å². The third-order valence-corrected chi connectivity index (χ3v) is 4.22. The van der Waals surface area contributed by atoms with Crippen LogP contribution in [0.15, 0.2) is 18.2 Å². The smallest absolute Gasteiger partial charge is 0.326 e. The van der Waals surface area contributed by atoms with Crippen LogP contribution in [-0.4, -0.2) is 49.5 Å². The van der Waals surface area contributed by atoms with Crippen LogP contribution in [0.3, 0.4) is 0 Å². The van der Waals surface area contributed by atoms with Gasteiger partial charge < -0.3 is 24.6 Å². The lowest BCUT2D eigenvalue weighted by atomic mass is 9.93. The molecule has 7 nitrogen and oxygen atoms in total. The second-order valence-electron chi connectivity index (χ2n) is 6.02. The number of carbonyl (C=O) groups excluding carboxylic acids is 1. The molecule has 1 fully saturated rings. The number of rotatable bonds is 5. The van der Waals surface area contributed by atoms with E-state index in [2.05, 4.69) is 5.32 Å². The van der Waals surface area contributed by atoms with E-state index in [0.717, 1.165) is 18.4 Å². The highest BCUT2D eigenvalue weighted by atomic mass is 16.6. The van der Waals surface area contributed by atoms with Gasteiger partial charge in [-0.15, -0.1) is 0 Å². The van der Waals surface area contributed by atoms with Gasteiger partial charge in [-0.1, -0.05) is 6.07 Å². The first-order chi connectivity index (χ1) is 11.6. The number of aliphatic carboxylic acids is 1. The summed E-state index contributed by atoms with van der Waals surface area (Å²) in [4.78, 5) is 23.7. The SMILES string of the molecule is O=C(Cc1ccc2c(c1)OCCO2)NC(C(=O)O)C1CCCOC1. The molecule has 1 saturated heterocycles. The average molecular weight is 335 g/mol. The van der Waals surface area contributed by atoms with Crippen LogP contribution in [0, 0.1) is 5.92 Å². The van der Waals surface area contributed by atoms with Crippen molar-refractivity contribution in [2.75, 3.05) is 26.4 Å². The maximum Gasteiger partial charge on any atom is 0.326 e. The van der Waals surface area contributed by atoms with E-state index in [1.807, 2.05) is 0 Å². The van der Waals surface area contributed by atoms with E-state index in [1.165, 1.54) is 0 Å². The van der Waals surface area contributed by atoms with E-state index in [1.54, 1.807) is 18.2 Å². The lowest BCUT2D eigenvalue weighted by Gasteiger charge is -2.28. The van der Waals surface area contributed by atoms with Gasteiger partial charge in [0, 0.05) is 12.5 Å². The minimum atomic E-state index is -1.03. The van der Waals surface area contributed by atoms with Crippen molar-refractivity contribution in [2.24, 2.45) is 5.92 Å². The second-order valence-corrected chi connectivity index (χ2v) is 6.02. The summed E-state index contributed by atoms with van der Waals surface area (Å²) >= 11 is 0. The summed E-state index contributed by atoms with van der Waals surface area (Å²) in [6, 6.07) is 4.39. The van der Waals surface area contributed by atoms with Crippen molar-refractivity contribution in [3.05, 3.63) is 23.8 Å². The van der Waals surface area contributed by atoms with Gasteiger partial charge in [0.05, 0.1) is 13.0 Å². The normalized spacial score (nSPS) is 20.9. The van der Waals surface area contributed by atoms with E-state index in [0.29, 0.717) is 37.9 Å². The van der Waals surface area contributed by atoms with Gasteiger partial charge in [0.25, 0.3) is 0 Å². The molecular weight excluding hydrogens is 314 g/mol. The average Bonchev–Trinajstić information content (AvgIpc) is 2.60. The molecule has 0 aliphatic carbocycles. The molecule has 7 heteroatoms. The summed E-state index contributed by atoms with van der Waals surface area (Å²) in [7, 11) is 0. The fourth-order valence-electron chi connectivity index (χ4n) is 3.02. The minimum Gasteiger partial charge on any atom is -0.486 e. The van der Waals surface area contributed by atoms with Crippen LogP contribution in [0.4, 0.5) is 0 Å². The van der Waals surface area contributed by atoms with Gasteiger partial charge in [-0.05, 0) is 30.5 Å². The van der Waals surface area contributed by atoms with E-state index < -0.39 is 12.0 Å². The number of carboxylic acids is 1. The van der Waals surface area contributed by atoms with E-state index in [9.17, 15) is 14.7 Å². The molecule has 2 unspecified atom stereocenters. The Kier molecular flexibility index (Phi) is 5.20. The molecule has 1 amide bonds. The van der Waals surface area contributed by atoms with Gasteiger partial charge in [0.2, 0.25) is 5.91 Å². The van der Waals surface area contributed by atoms with E-state index in [4.69, 9.17) is 14.2 Å². The summed E-state index contributed by atoms with van der Waals surface area (Å²) in [6.07, 6.45) is 1.64. The van der Waals surface area contributed by atoms with Crippen LogP contribution < -0.4 is 14.8 Å². The molecule has 0 bridgehead atoms. The second kappa shape index (κ2) is 7.53. The maximum absolute atomic E-state index is 12.3. The van der Waals surface area contributed by atoms with E-state index in [-0.39, 0.29) is 18.2 Å². The van der Waals surface area contributed by atoms with Gasteiger partial charge in [0.1, 0.15) is 19.3 Å². The molecule has 1 aromatic rings. The summed E-state index contributed by atoms with van der Waals surface area (Å²) in [6.45, 7) is 2.00. The number of nitrogens with one attached hydrogen (secondary N) is 1. The molecule has 2 heterocycles. The van der Waals surface area contributed by atoms with Crippen molar-refractivity contribution < 1.29 is 28.9 Å². The number of fused-ring (bicyclic) bond motifs is 1. The number of benzene rings is 1. The molecule has 0 radical (unpaired) electrons. The zero-order valence-electron chi connectivity index (χ0n) is 13.3. The van der Waals surface area contributed by atoms with Gasteiger partial charge in [-0.25, -0.2) is 4.79 Å². The predicted molar refractivity (Wildman–Crippen MR) is 84.2 cm³/mol. The first kappa shape index (κ1) is 16.6. The number of ether oxygens (including phenoxy) is 3. The summed E-state index contributed by atoms with van der Waals surface area (Å²) in [5.74, 6) is -0.277. The standard InChI is InChI=1S/C17H21NO6/c19-15(18-16(17(20)21)12-2-1-5-22-10-12)9-11-3-4-13-14(8-11)24-7-6-23-13/h3-4,8,12,16H,1-2,5-7,9-10H2,(H,18,19)(H,20,21). The predicted octanol–water partition coefficient (Wildman–Crippen LogP) is 0.996. The van der Waals surface area contributed by atoms with Crippen LogP contribution in [0.1, 0.15) is 18.4 Å². The lowest BCUT2D eigenvalue weighted by Crippen LogP contribution is -2.48. The van der Waals surface area contributed by atoms with Crippen molar-refractivity contribution in [3.8, 4) is 11.5 Å². The van der Waals surface area contributed by atoms with Crippen molar-refractivity contribution in [2.45, 2.75) is 25.3 Å². The molecule has 130 valence electrons. The summed E-state index contributed by atoms with van der Waals surface area (Å²) in [5, 5.41) is 12.0. The third kappa shape index (κ3) is 3.97. The Labute approximate surface area is 139 Å². The number of carboxylic acid groups (broad SMARTS) is 1. The zero-order chi connectivity index (χ0) is 16.9. The van der Waals surface area contributed by atoms with Crippen molar-refractivity contribution in [1.82, 2.24) is 5.32 Å². The van der Waals surface area contributed by atoms with E-state index >= 15 is 0 Å². The number of hydrogen-bond donors (Lipinski definition) is 2. The molecule has 2 N–H and O–H groups in total.